The SMILES string of the molecule is FC(F)(F)COc1ccc(Nc2ccccc2)cc1. The molecule has 5 heteroatoms. The maximum Gasteiger partial charge on any atom is 0.422 e. The molecule has 0 atom stereocenters. The molecule has 2 nitrogen and oxygen atoms in total. The summed E-state index contributed by atoms with van der Waals surface area (Å²) in [4.78, 5) is 0. The van der Waals surface area contributed by atoms with Crippen LogP contribution in [0, 0.1) is 0 Å². The number of ether oxygens (including phenoxy) is 1. The Morgan fingerprint density at radius 3 is 2.00 bits per heavy atom. The van der Waals surface area contributed by atoms with Crippen LogP contribution in [0.3, 0.4) is 0 Å². The van der Waals surface area contributed by atoms with Crippen LogP contribution in [-0.4, -0.2) is 12.8 Å². The average Bonchev–Trinajstić information content (AvgIpc) is 2.38. The third-order valence-electron chi connectivity index (χ3n) is 2.32. The van der Waals surface area contributed by atoms with E-state index in [4.69, 9.17) is 0 Å². The molecule has 0 aliphatic heterocycles. The monoisotopic (exact) mass is 267 g/mol. The molecule has 2 aromatic rings. The summed E-state index contributed by atoms with van der Waals surface area (Å²) < 4.78 is 40.5. The van der Waals surface area contributed by atoms with E-state index in [1.54, 1.807) is 12.1 Å². The van der Waals surface area contributed by atoms with Gasteiger partial charge in [0.05, 0.1) is 0 Å². The van der Waals surface area contributed by atoms with Crippen molar-refractivity contribution in [2.75, 3.05) is 11.9 Å². The first-order chi connectivity index (χ1) is 9.03. The lowest BCUT2D eigenvalue weighted by Crippen LogP contribution is -2.19. The maximum absolute atomic E-state index is 12.0. The highest BCUT2D eigenvalue weighted by molar-refractivity contribution is 5.59. The number of benzene rings is 2. The summed E-state index contributed by atoms with van der Waals surface area (Å²) in [5.41, 5.74) is 1.69. The molecule has 0 amide bonds. The van der Waals surface area contributed by atoms with Gasteiger partial charge in [-0.3, -0.25) is 0 Å². The van der Waals surface area contributed by atoms with E-state index in [1.165, 1.54) is 12.1 Å². The zero-order valence-electron chi connectivity index (χ0n) is 9.95. The van der Waals surface area contributed by atoms with Crippen molar-refractivity contribution in [3.05, 3.63) is 54.6 Å². The number of hydrogen-bond donors (Lipinski definition) is 1. The second-order valence-corrected chi connectivity index (χ2v) is 3.92. The summed E-state index contributed by atoms with van der Waals surface area (Å²) in [7, 11) is 0. The molecule has 0 unspecified atom stereocenters. The number of rotatable bonds is 4. The van der Waals surface area contributed by atoms with Gasteiger partial charge in [-0.25, -0.2) is 0 Å². The van der Waals surface area contributed by atoms with E-state index in [-0.39, 0.29) is 5.75 Å². The van der Waals surface area contributed by atoms with Crippen molar-refractivity contribution < 1.29 is 17.9 Å². The number of anilines is 2. The van der Waals surface area contributed by atoms with Gasteiger partial charge in [0.1, 0.15) is 5.75 Å². The standard InChI is InChI=1S/C14H12F3NO/c15-14(16,17)10-19-13-8-6-12(7-9-13)18-11-4-2-1-3-5-11/h1-9,18H,10H2. The molecule has 0 bridgehead atoms. The minimum absolute atomic E-state index is 0.191. The third-order valence-corrected chi connectivity index (χ3v) is 2.32. The molecule has 0 aliphatic rings. The van der Waals surface area contributed by atoms with Crippen molar-refractivity contribution in [3.8, 4) is 5.75 Å². The fraction of sp³-hybridized carbons (Fsp3) is 0.143. The van der Waals surface area contributed by atoms with Crippen molar-refractivity contribution in [2.45, 2.75) is 6.18 Å². The summed E-state index contributed by atoms with van der Waals surface area (Å²) in [5, 5.41) is 3.13. The van der Waals surface area contributed by atoms with Crippen molar-refractivity contribution in [1.29, 1.82) is 0 Å². The Morgan fingerprint density at radius 1 is 0.842 bits per heavy atom. The number of para-hydroxylation sites is 1. The lowest BCUT2D eigenvalue weighted by atomic mass is 10.2. The zero-order valence-corrected chi connectivity index (χ0v) is 9.95. The van der Waals surface area contributed by atoms with Crippen LogP contribution in [-0.2, 0) is 0 Å². The van der Waals surface area contributed by atoms with Crippen LogP contribution in [0.5, 0.6) is 5.75 Å². The molecule has 0 saturated heterocycles. The second-order valence-electron chi connectivity index (χ2n) is 3.92. The van der Waals surface area contributed by atoms with Crippen LogP contribution in [0.2, 0.25) is 0 Å². The van der Waals surface area contributed by atoms with E-state index in [0.29, 0.717) is 0 Å². The van der Waals surface area contributed by atoms with Gasteiger partial charge in [-0.2, -0.15) is 13.2 Å². The van der Waals surface area contributed by atoms with Crippen molar-refractivity contribution >= 4 is 11.4 Å². The average molecular weight is 267 g/mol. The molecule has 2 aromatic carbocycles. The highest BCUT2D eigenvalue weighted by Crippen LogP contribution is 2.22. The van der Waals surface area contributed by atoms with E-state index in [1.807, 2.05) is 30.3 Å². The van der Waals surface area contributed by atoms with Crippen LogP contribution in [0.15, 0.2) is 54.6 Å². The highest BCUT2D eigenvalue weighted by atomic mass is 19.4. The van der Waals surface area contributed by atoms with Crippen LogP contribution >= 0.6 is 0 Å². The van der Waals surface area contributed by atoms with Crippen LogP contribution in [0.1, 0.15) is 0 Å². The number of alkyl halides is 3. The Bertz CT molecular complexity index is 508. The maximum atomic E-state index is 12.0. The minimum atomic E-state index is -4.32. The molecule has 2 rings (SSSR count). The van der Waals surface area contributed by atoms with Crippen LogP contribution < -0.4 is 10.1 Å². The summed E-state index contributed by atoms with van der Waals surface area (Å²) in [6.07, 6.45) is -4.32. The largest absolute Gasteiger partial charge is 0.484 e. The lowest BCUT2D eigenvalue weighted by molar-refractivity contribution is -0.153. The smallest absolute Gasteiger partial charge is 0.422 e. The molecule has 1 N–H and O–H groups in total. The fourth-order valence-electron chi connectivity index (χ4n) is 1.49. The molecule has 100 valence electrons. The molecule has 0 saturated carbocycles. The Morgan fingerprint density at radius 2 is 1.42 bits per heavy atom. The van der Waals surface area contributed by atoms with E-state index in [2.05, 4.69) is 10.1 Å². The minimum Gasteiger partial charge on any atom is -0.484 e. The molecule has 0 aromatic heterocycles. The normalized spacial score (nSPS) is 11.1. The fourth-order valence-corrected chi connectivity index (χ4v) is 1.49. The van der Waals surface area contributed by atoms with Gasteiger partial charge in [0, 0.05) is 11.4 Å². The number of halogens is 3. The Balaban J connectivity index is 1.95. The molecule has 0 fully saturated rings. The first-order valence-corrected chi connectivity index (χ1v) is 5.65. The lowest BCUT2D eigenvalue weighted by Gasteiger charge is -2.10. The van der Waals surface area contributed by atoms with Crippen molar-refractivity contribution in [3.63, 3.8) is 0 Å². The zero-order chi connectivity index (χ0) is 13.7. The van der Waals surface area contributed by atoms with Gasteiger partial charge in [-0.1, -0.05) is 18.2 Å². The molecule has 0 aliphatic carbocycles. The molecular weight excluding hydrogens is 255 g/mol. The molecule has 0 radical (unpaired) electrons. The van der Waals surface area contributed by atoms with E-state index in [0.717, 1.165) is 11.4 Å². The van der Waals surface area contributed by atoms with E-state index >= 15 is 0 Å². The van der Waals surface area contributed by atoms with E-state index in [9.17, 15) is 13.2 Å². The van der Waals surface area contributed by atoms with Crippen LogP contribution in [0.4, 0.5) is 24.5 Å². The van der Waals surface area contributed by atoms with Gasteiger partial charge in [-0.15, -0.1) is 0 Å². The van der Waals surface area contributed by atoms with Gasteiger partial charge < -0.3 is 10.1 Å². The first-order valence-electron chi connectivity index (χ1n) is 5.65. The van der Waals surface area contributed by atoms with Gasteiger partial charge in [0.25, 0.3) is 0 Å². The predicted molar refractivity (Wildman–Crippen MR) is 67.7 cm³/mol. The van der Waals surface area contributed by atoms with Gasteiger partial charge in [0.2, 0.25) is 0 Å². The van der Waals surface area contributed by atoms with Crippen molar-refractivity contribution in [2.24, 2.45) is 0 Å². The topological polar surface area (TPSA) is 21.3 Å². The Labute approximate surface area is 108 Å². The first kappa shape index (κ1) is 13.3. The predicted octanol–water partition coefficient (Wildman–Crippen LogP) is 4.37. The Hall–Kier alpha value is -2.17. The van der Waals surface area contributed by atoms with Crippen molar-refractivity contribution in [1.82, 2.24) is 0 Å². The van der Waals surface area contributed by atoms with Gasteiger partial charge >= 0.3 is 6.18 Å². The van der Waals surface area contributed by atoms with E-state index < -0.39 is 12.8 Å². The van der Waals surface area contributed by atoms with Crippen LogP contribution in [0.25, 0.3) is 0 Å². The summed E-state index contributed by atoms with van der Waals surface area (Å²) >= 11 is 0. The second kappa shape index (κ2) is 5.65. The summed E-state index contributed by atoms with van der Waals surface area (Å²) in [6.45, 7) is -1.28. The quantitative estimate of drug-likeness (QED) is 0.888. The summed E-state index contributed by atoms with van der Waals surface area (Å²) in [5.74, 6) is 0.191. The Kier molecular flexibility index (Phi) is 3.94. The van der Waals surface area contributed by atoms with Gasteiger partial charge in [-0.05, 0) is 36.4 Å². The molecule has 0 heterocycles. The third kappa shape index (κ3) is 4.54. The highest BCUT2D eigenvalue weighted by Gasteiger charge is 2.28. The molecular formula is C14H12F3NO. The van der Waals surface area contributed by atoms with Gasteiger partial charge in [0.15, 0.2) is 6.61 Å². The molecule has 0 spiro atoms. The number of nitrogens with one attached hydrogen (secondary N) is 1. The summed E-state index contributed by atoms with van der Waals surface area (Å²) in [6, 6.07) is 15.8. The molecule has 19 heavy (non-hydrogen) atoms. The number of hydrogen-bond acceptors (Lipinski definition) is 2.